The summed E-state index contributed by atoms with van der Waals surface area (Å²) in [6.07, 6.45) is 2.78. The zero-order valence-corrected chi connectivity index (χ0v) is 18.0. The Bertz CT molecular complexity index is 1170. The van der Waals surface area contributed by atoms with Crippen LogP contribution in [0.15, 0.2) is 53.4 Å². The Labute approximate surface area is 181 Å². The molecule has 0 bridgehead atoms. The Morgan fingerprint density at radius 1 is 1.06 bits per heavy atom. The second-order valence-corrected chi connectivity index (χ2v) is 9.41. The number of nitrogens with zero attached hydrogens (tertiary/aromatic N) is 5. The van der Waals surface area contributed by atoms with Crippen molar-refractivity contribution >= 4 is 21.6 Å². The van der Waals surface area contributed by atoms with Gasteiger partial charge in [-0.2, -0.15) is 9.10 Å². The molecule has 1 saturated heterocycles. The summed E-state index contributed by atoms with van der Waals surface area (Å²) in [6.45, 7) is 2.68. The van der Waals surface area contributed by atoms with Crippen molar-refractivity contribution in [3.63, 3.8) is 0 Å². The lowest BCUT2D eigenvalue weighted by Gasteiger charge is -2.26. The molecule has 3 aromatic rings. The van der Waals surface area contributed by atoms with E-state index in [0.717, 1.165) is 24.8 Å². The van der Waals surface area contributed by atoms with E-state index in [1.807, 2.05) is 30.3 Å². The van der Waals surface area contributed by atoms with Gasteiger partial charge in [-0.3, -0.25) is 4.79 Å². The molecule has 2 heterocycles. The zero-order valence-electron chi connectivity index (χ0n) is 17.2. The number of sulfonamides is 1. The first kappa shape index (κ1) is 21.1. The number of tetrazole rings is 1. The first-order chi connectivity index (χ1) is 14.9. The fraction of sp³-hybridized carbons (Fsp3) is 0.333. The van der Waals surface area contributed by atoms with Gasteiger partial charge in [-0.25, -0.2) is 8.42 Å². The highest BCUT2D eigenvalue weighted by molar-refractivity contribution is 7.89. The molecule has 0 spiro atoms. The highest BCUT2D eigenvalue weighted by atomic mass is 32.2. The quantitative estimate of drug-likeness (QED) is 0.630. The second-order valence-electron chi connectivity index (χ2n) is 7.50. The maximum absolute atomic E-state index is 13.1. The van der Waals surface area contributed by atoms with E-state index in [-0.39, 0.29) is 17.3 Å². The van der Waals surface area contributed by atoms with Crippen molar-refractivity contribution in [3.8, 4) is 11.4 Å². The molecular formula is C21H24N6O3S. The smallest absolute Gasteiger partial charge is 0.248 e. The molecule has 1 aromatic heterocycles. The Morgan fingerprint density at radius 3 is 2.55 bits per heavy atom. The topological polar surface area (TPSA) is 110 Å². The van der Waals surface area contributed by atoms with Crippen molar-refractivity contribution < 1.29 is 13.2 Å². The van der Waals surface area contributed by atoms with Crippen LogP contribution in [0.1, 0.15) is 24.8 Å². The van der Waals surface area contributed by atoms with Crippen LogP contribution in [-0.4, -0.2) is 51.9 Å². The summed E-state index contributed by atoms with van der Waals surface area (Å²) in [5.41, 5.74) is 1.86. The van der Waals surface area contributed by atoms with Crippen LogP contribution in [0.4, 0.5) is 5.69 Å². The predicted octanol–water partition coefficient (Wildman–Crippen LogP) is 2.46. The van der Waals surface area contributed by atoms with E-state index in [1.54, 1.807) is 19.1 Å². The summed E-state index contributed by atoms with van der Waals surface area (Å²) in [5, 5.41) is 14.8. The summed E-state index contributed by atoms with van der Waals surface area (Å²) < 4.78 is 27.6. The number of aryl methyl sites for hydroxylation is 1. The van der Waals surface area contributed by atoms with Gasteiger partial charge in [0, 0.05) is 24.3 Å². The molecule has 10 heteroatoms. The molecular weight excluding hydrogens is 416 g/mol. The van der Waals surface area contributed by atoms with Crippen LogP contribution >= 0.6 is 0 Å². The predicted molar refractivity (Wildman–Crippen MR) is 116 cm³/mol. The Balaban J connectivity index is 1.47. The minimum Gasteiger partial charge on any atom is -0.324 e. The van der Waals surface area contributed by atoms with Crippen LogP contribution < -0.4 is 5.32 Å². The van der Waals surface area contributed by atoms with Gasteiger partial charge in [0.25, 0.3) is 0 Å². The highest BCUT2D eigenvalue weighted by Gasteiger charge is 2.27. The summed E-state index contributed by atoms with van der Waals surface area (Å²) >= 11 is 0. The monoisotopic (exact) mass is 440 g/mol. The third-order valence-corrected chi connectivity index (χ3v) is 7.22. The summed E-state index contributed by atoms with van der Waals surface area (Å²) in [5.74, 6) is 0.0563. The van der Waals surface area contributed by atoms with Crippen molar-refractivity contribution in [2.45, 2.75) is 37.6 Å². The molecule has 162 valence electrons. The number of amides is 1. The molecule has 0 unspecified atom stereocenters. The third-order valence-electron chi connectivity index (χ3n) is 5.17. The molecule has 4 rings (SSSR count). The molecule has 31 heavy (non-hydrogen) atoms. The maximum Gasteiger partial charge on any atom is 0.248 e. The summed E-state index contributed by atoms with van der Waals surface area (Å²) in [7, 11) is -3.60. The van der Waals surface area contributed by atoms with Crippen LogP contribution in [0.2, 0.25) is 0 Å². The number of carbonyl (C=O) groups is 1. The maximum atomic E-state index is 13.1. The average molecular weight is 441 g/mol. The number of nitrogens with one attached hydrogen (secondary N) is 1. The molecule has 0 radical (unpaired) electrons. The minimum absolute atomic E-state index is 0.137. The molecule has 2 aromatic carbocycles. The first-order valence-corrected chi connectivity index (χ1v) is 11.6. The molecule has 9 nitrogen and oxygen atoms in total. The Kier molecular flexibility index (Phi) is 6.10. The highest BCUT2D eigenvalue weighted by Crippen LogP contribution is 2.26. The molecule has 1 aliphatic rings. The van der Waals surface area contributed by atoms with Gasteiger partial charge in [0.15, 0.2) is 0 Å². The molecule has 1 aliphatic heterocycles. The lowest BCUT2D eigenvalue weighted by molar-refractivity contribution is -0.117. The van der Waals surface area contributed by atoms with Gasteiger partial charge in [0.1, 0.15) is 6.54 Å². The third kappa shape index (κ3) is 4.80. The molecule has 0 atom stereocenters. The normalized spacial score (nSPS) is 15.0. The fourth-order valence-corrected chi connectivity index (χ4v) is 5.31. The Morgan fingerprint density at radius 2 is 1.81 bits per heavy atom. The minimum atomic E-state index is -3.60. The van der Waals surface area contributed by atoms with E-state index >= 15 is 0 Å². The van der Waals surface area contributed by atoms with Crippen LogP contribution in [-0.2, 0) is 21.4 Å². The molecule has 1 fully saturated rings. The van der Waals surface area contributed by atoms with E-state index in [1.165, 1.54) is 15.2 Å². The van der Waals surface area contributed by atoms with Gasteiger partial charge in [-0.05, 0) is 42.7 Å². The van der Waals surface area contributed by atoms with Crippen molar-refractivity contribution in [3.05, 3.63) is 54.1 Å². The van der Waals surface area contributed by atoms with E-state index < -0.39 is 10.0 Å². The number of aromatic nitrogens is 4. The van der Waals surface area contributed by atoms with Gasteiger partial charge in [-0.15, -0.1) is 10.2 Å². The zero-order chi connectivity index (χ0) is 21.8. The number of hydrogen-bond acceptors (Lipinski definition) is 6. The molecule has 0 aliphatic carbocycles. The van der Waals surface area contributed by atoms with Gasteiger partial charge < -0.3 is 5.32 Å². The van der Waals surface area contributed by atoms with Crippen molar-refractivity contribution in [2.24, 2.45) is 0 Å². The Hall–Kier alpha value is -3.11. The molecule has 0 saturated carbocycles. The van der Waals surface area contributed by atoms with E-state index in [0.29, 0.717) is 30.2 Å². The van der Waals surface area contributed by atoms with Crippen LogP contribution in [0.3, 0.4) is 0 Å². The standard InChI is InChI=1S/C21H24N6O3S/c1-16-10-11-18(14-19(16)31(29,30)26-12-6-3-7-13-26)22-20(28)15-27-24-21(23-25-27)17-8-4-2-5-9-17/h2,4-5,8-11,14H,3,6-7,12-13,15H2,1H3,(H,22,28). The summed E-state index contributed by atoms with van der Waals surface area (Å²) in [6, 6.07) is 14.3. The van der Waals surface area contributed by atoms with Crippen LogP contribution in [0, 0.1) is 6.92 Å². The molecule has 1 N–H and O–H groups in total. The number of piperidine rings is 1. The number of rotatable bonds is 6. The van der Waals surface area contributed by atoms with Gasteiger partial charge in [-0.1, -0.05) is 42.8 Å². The fourth-order valence-electron chi connectivity index (χ4n) is 3.54. The number of anilines is 1. The largest absolute Gasteiger partial charge is 0.324 e. The van der Waals surface area contributed by atoms with E-state index in [9.17, 15) is 13.2 Å². The number of carbonyl (C=O) groups excluding carboxylic acids is 1. The average Bonchev–Trinajstić information content (AvgIpc) is 3.24. The van der Waals surface area contributed by atoms with Gasteiger partial charge in [0.2, 0.25) is 21.8 Å². The first-order valence-electron chi connectivity index (χ1n) is 10.2. The van der Waals surface area contributed by atoms with Crippen molar-refractivity contribution in [1.29, 1.82) is 0 Å². The summed E-state index contributed by atoms with van der Waals surface area (Å²) in [4.78, 5) is 13.9. The lowest BCUT2D eigenvalue weighted by Crippen LogP contribution is -2.36. The van der Waals surface area contributed by atoms with Crippen LogP contribution in [0.5, 0.6) is 0 Å². The second kappa shape index (κ2) is 8.94. The van der Waals surface area contributed by atoms with Gasteiger partial charge in [0.05, 0.1) is 4.90 Å². The van der Waals surface area contributed by atoms with Crippen molar-refractivity contribution in [1.82, 2.24) is 24.5 Å². The molecule has 1 amide bonds. The van der Waals surface area contributed by atoms with Crippen LogP contribution in [0.25, 0.3) is 11.4 Å². The SMILES string of the molecule is Cc1ccc(NC(=O)Cn2nnc(-c3ccccc3)n2)cc1S(=O)(=O)N1CCCCC1. The van der Waals surface area contributed by atoms with E-state index in [4.69, 9.17) is 0 Å². The van der Waals surface area contributed by atoms with Gasteiger partial charge >= 0.3 is 0 Å². The van der Waals surface area contributed by atoms with E-state index in [2.05, 4.69) is 20.7 Å². The van der Waals surface area contributed by atoms with Crippen molar-refractivity contribution in [2.75, 3.05) is 18.4 Å². The lowest BCUT2D eigenvalue weighted by atomic mass is 10.2. The number of hydrogen-bond donors (Lipinski definition) is 1. The number of benzene rings is 2.